The van der Waals surface area contributed by atoms with Gasteiger partial charge in [-0.05, 0) is 48.1 Å². The smallest absolute Gasteiger partial charge is 0.220 e. The van der Waals surface area contributed by atoms with Crippen LogP contribution in [0.4, 0.5) is 0 Å². The molecule has 2 heterocycles. The van der Waals surface area contributed by atoms with Crippen LogP contribution in [0.5, 0.6) is 11.5 Å². The number of ether oxygens (including phenoxy) is 2. The minimum atomic E-state index is 0.0719. The molecule has 1 aromatic carbocycles. The third-order valence-corrected chi connectivity index (χ3v) is 4.59. The van der Waals surface area contributed by atoms with Gasteiger partial charge in [-0.15, -0.1) is 11.3 Å². The van der Waals surface area contributed by atoms with Crippen LogP contribution in [0.15, 0.2) is 29.6 Å². The molecular formula is C17H19NO3S. The average Bonchev–Trinajstić information content (AvgIpc) is 3.04. The highest BCUT2D eigenvalue weighted by Crippen LogP contribution is 2.32. The van der Waals surface area contributed by atoms with E-state index in [1.807, 2.05) is 30.5 Å². The average molecular weight is 317 g/mol. The first-order chi connectivity index (χ1) is 10.7. The Morgan fingerprint density at radius 3 is 2.77 bits per heavy atom. The number of hydrogen-bond acceptors (Lipinski definition) is 4. The summed E-state index contributed by atoms with van der Waals surface area (Å²) in [6, 6.07) is 8.00. The van der Waals surface area contributed by atoms with Gasteiger partial charge in [-0.1, -0.05) is 6.07 Å². The Morgan fingerprint density at radius 2 is 2.05 bits per heavy atom. The van der Waals surface area contributed by atoms with E-state index in [9.17, 15) is 4.79 Å². The Bertz CT molecular complexity index is 652. The fraction of sp³-hybridized carbons (Fsp3) is 0.353. The lowest BCUT2D eigenvalue weighted by Crippen LogP contribution is -2.23. The first-order valence-electron chi connectivity index (χ1n) is 7.40. The van der Waals surface area contributed by atoms with Crippen molar-refractivity contribution in [1.29, 1.82) is 0 Å². The minimum absolute atomic E-state index is 0.0719. The molecule has 0 spiro atoms. The van der Waals surface area contributed by atoms with Crippen LogP contribution in [-0.4, -0.2) is 19.1 Å². The van der Waals surface area contributed by atoms with Crippen LogP contribution in [0.1, 0.15) is 22.4 Å². The number of fused-ring (bicyclic) bond motifs is 1. The number of nitrogens with one attached hydrogen (secondary N) is 1. The molecule has 1 aromatic heterocycles. The Kier molecular flexibility index (Phi) is 4.63. The maximum absolute atomic E-state index is 11.9. The van der Waals surface area contributed by atoms with E-state index < -0.39 is 0 Å². The van der Waals surface area contributed by atoms with Gasteiger partial charge in [0.1, 0.15) is 13.2 Å². The molecule has 3 rings (SSSR count). The monoisotopic (exact) mass is 317 g/mol. The van der Waals surface area contributed by atoms with Crippen molar-refractivity contribution in [1.82, 2.24) is 5.32 Å². The Hall–Kier alpha value is -2.01. The number of amides is 1. The fourth-order valence-corrected chi connectivity index (χ4v) is 3.11. The first-order valence-corrected chi connectivity index (χ1v) is 8.28. The van der Waals surface area contributed by atoms with Crippen LogP contribution in [-0.2, 0) is 17.8 Å². The standard InChI is InChI=1S/C17H19NO3S/c1-12-9-15-16(21-7-6-20-15)10-13(12)11-18-17(19)5-4-14-3-2-8-22-14/h2-3,8-10H,4-7,11H2,1H3,(H,18,19). The fourth-order valence-electron chi connectivity index (χ4n) is 2.40. The minimum Gasteiger partial charge on any atom is -0.486 e. The van der Waals surface area contributed by atoms with Gasteiger partial charge in [0.2, 0.25) is 5.91 Å². The summed E-state index contributed by atoms with van der Waals surface area (Å²) in [7, 11) is 0. The van der Waals surface area contributed by atoms with Gasteiger partial charge < -0.3 is 14.8 Å². The number of benzene rings is 1. The molecule has 0 saturated carbocycles. The lowest BCUT2D eigenvalue weighted by molar-refractivity contribution is -0.121. The summed E-state index contributed by atoms with van der Waals surface area (Å²) in [5.74, 6) is 1.62. The van der Waals surface area contributed by atoms with Crippen LogP contribution in [0.3, 0.4) is 0 Å². The van der Waals surface area contributed by atoms with Crippen molar-refractivity contribution in [2.75, 3.05) is 13.2 Å². The molecule has 0 atom stereocenters. The highest BCUT2D eigenvalue weighted by molar-refractivity contribution is 7.09. The molecule has 1 N–H and O–H groups in total. The number of carbonyl (C=O) groups excluding carboxylic acids is 1. The van der Waals surface area contributed by atoms with E-state index in [1.165, 1.54) is 4.88 Å². The van der Waals surface area contributed by atoms with Gasteiger partial charge in [0.25, 0.3) is 0 Å². The Labute approximate surface area is 134 Å². The molecule has 116 valence electrons. The topological polar surface area (TPSA) is 47.6 Å². The molecule has 5 heteroatoms. The van der Waals surface area contributed by atoms with Crippen molar-refractivity contribution < 1.29 is 14.3 Å². The second-order valence-electron chi connectivity index (χ2n) is 5.28. The molecule has 2 aromatic rings. The second-order valence-corrected chi connectivity index (χ2v) is 6.31. The molecule has 1 amide bonds. The van der Waals surface area contributed by atoms with Crippen molar-refractivity contribution in [3.8, 4) is 11.5 Å². The van der Waals surface area contributed by atoms with Crippen molar-refractivity contribution in [2.45, 2.75) is 26.3 Å². The van der Waals surface area contributed by atoms with Crippen molar-refractivity contribution in [3.63, 3.8) is 0 Å². The second kappa shape index (κ2) is 6.83. The Morgan fingerprint density at radius 1 is 1.27 bits per heavy atom. The molecule has 22 heavy (non-hydrogen) atoms. The van der Waals surface area contributed by atoms with Crippen molar-refractivity contribution in [2.24, 2.45) is 0 Å². The molecule has 0 bridgehead atoms. The van der Waals surface area contributed by atoms with E-state index >= 15 is 0 Å². The van der Waals surface area contributed by atoms with E-state index in [4.69, 9.17) is 9.47 Å². The number of rotatable bonds is 5. The molecular weight excluding hydrogens is 298 g/mol. The maximum Gasteiger partial charge on any atom is 0.220 e. The SMILES string of the molecule is Cc1cc2c(cc1CNC(=O)CCc1cccs1)OCCO2. The maximum atomic E-state index is 11.9. The van der Waals surface area contributed by atoms with E-state index in [1.54, 1.807) is 11.3 Å². The summed E-state index contributed by atoms with van der Waals surface area (Å²) in [5, 5.41) is 5.01. The lowest BCUT2D eigenvalue weighted by atomic mass is 10.1. The third-order valence-electron chi connectivity index (χ3n) is 3.66. The summed E-state index contributed by atoms with van der Waals surface area (Å²) >= 11 is 1.69. The quantitative estimate of drug-likeness (QED) is 0.922. The van der Waals surface area contributed by atoms with Crippen LogP contribution in [0.2, 0.25) is 0 Å². The first kappa shape index (κ1) is 14.9. The van der Waals surface area contributed by atoms with Crippen LogP contribution < -0.4 is 14.8 Å². The van der Waals surface area contributed by atoms with E-state index in [0.29, 0.717) is 26.2 Å². The zero-order valence-electron chi connectivity index (χ0n) is 12.6. The predicted molar refractivity (Wildman–Crippen MR) is 86.7 cm³/mol. The largest absolute Gasteiger partial charge is 0.486 e. The number of aryl methyl sites for hydroxylation is 2. The third kappa shape index (κ3) is 3.60. The van der Waals surface area contributed by atoms with Gasteiger partial charge in [-0.25, -0.2) is 0 Å². The van der Waals surface area contributed by atoms with Crippen molar-refractivity contribution >= 4 is 17.2 Å². The van der Waals surface area contributed by atoms with E-state index in [0.717, 1.165) is 29.0 Å². The van der Waals surface area contributed by atoms with Crippen LogP contribution >= 0.6 is 11.3 Å². The summed E-state index contributed by atoms with van der Waals surface area (Å²) < 4.78 is 11.1. The summed E-state index contributed by atoms with van der Waals surface area (Å²) in [6.45, 7) is 3.70. The number of hydrogen-bond donors (Lipinski definition) is 1. The van der Waals surface area contributed by atoms with E-state index in [2.05, 4.69) is 11.4 Å². The summed E-state index contributed by atoms with van der Waals surface area (Å²) in [5.41, 5.74) is 2.16. The summed E-state index contributed by atoms with van der Waals surface area (Å²) in [4.78, 5) is 13.2. The van der Waals surface area contributed by atoms with Crippen molar-refractivity contribution in [3.05, 3.63) is 45.6 Å². The molecule has 1 aliphatic rings. The lowest BCUT2D eigenvalue weighted by Gasteiger charge is -2.20. The zero-order chi connectivity index (χ0) is 15.4. The van der Waals surface area contributed by atoms with Gasteiger partial charge in [0, 0.05) is 17.8 Å². The number of thiophene rings is 1. The molecule has 0 saturated heterocycles. The molecule has 0 aliphatic carbocycles. The highest BCUT2D eigenvalue weighted by Gasteiger charge is 2.14. The molecule has 4 nitrogen and oxygen atoms in total. The summed E-state index contributed by atoms with van der Waals surface area (Å²) in [6.07, 6.45) is 1.31. The van der Waals surface area contributed by atoms with Crippen LogP contribution in [0.25, 0.3) is 0 Å². The van der Waals surface area contributed by atoms with Gasteiger partial charge >= 0.3 is 0 Å². The van der Waals surface area contributed by atoms with E-state index in [-0.39, 0.29) is 5.91 Å². The molecule has 0 unspecified atom stereocenters. The predicted octanol–water partition coefficient (Wildman–Crippen LogP) is 3.08. The van der Waals surface area contributed by atoms with Gasteiger partial charge in [0.05, 0.1) is 0 Å². The van der Waals surface area contributed by atoms with Crippen LogP contribution in [0, 0.1) is 6.92 Å². The highest BCUT2D eigenvalue weighted by atomic mass is 32.1. The van der Waals surface area contributed by atoms with Gasteiger partial charge in [-0.2, -0.15) is 0 Å². The number of carbonyl (C=O) groups is 1. The Balaban J connectivity index is 1.55. The van der Waals surface area contributed by atoms with Gasteiger partial charge in [0.15, 0.2) is 11.5 Å². The normalized spacial score (nSPS) is 13.0. The zero-order valence-corrected chi connectivity index (χ0v) is 13.4. The molecule has 0 radical (unpaired) electrons. The molecule has 1 aliphatic heterocycles. The van der Waals surface area contributed by atoms with Gasteiger partial charge in [-0.3, -0.25) is 4.79 Å². The molecule has 0 fully saturated rings.